The molecule has 0 radical (unpaired) electrons. The van der Waals surface area contributed by atoms with Crippen LogP contribution in [0.1, 0.15) is 10.6 Å². The normalized spacial score (nSPS) is 13.6. The van der Waals surface area contributed by atoms with Gasteiger partial charge in [0.15, 0.2) is 5.76 Å². The number of hydrogen-bond acceptors (Lipinski definition) is 7. The number of nitrogens with zero attached hydrogens (tertiary/aromatic N) is 1. The smallest absolute Gasteiger partial charge is 0.337 e. The lowest BCUT2D eigenvalue weighted by Gasteiger charge is -2.15. The van der Waals surface area contributed by atoms with Crippen LogP contribution in [0.5, 0.6) is 0 Å². The molecule has 0 atom stereocenters. The Hall–Kier alpha value is -3.30. The molecule has 1 aliphatic rings. The Balaban J connectivity index is 1.80. The largest absolute Gasteiger partial charge is 0.466 e. The molecule has 0 saturated carbocycles. The molecule has 10 heteroatoms. The molecule has 152 valence electrons. The highest BCUT2D eigenvalue weighted by molar-refractivity contribution is 6.34. The summed E-state index contributed by atoms with van der Waals surface area (Å²) >= 11 is 6.24. The quantitative estimate of drug-likeness (QED) is 0.585. The summed E-state index contributed by atoms with van der Waals surface area (Å²) < 4.78 is 9.77. The molecule has 29 heavy (non-hydrogen) atoms. The van der Waals surface area contributed by atoms with Crippen molar-refractivity contribution in [2.24, 2.45) is 0 Å². The van der Waals surface area contributed by atoms with Crippen molar-refractivity contribution in [3.05, 3.63) is 58.6 Å². The van der Waals surface area contributed by atoms with Crippen LogP contribution in [0.4, 0.5) is 11.4 Å². The molecule has 1 aromatic carbocycles. The van der Waals surface area contributed by atoms with Crippen molar-refractivity contribution in [3.63, 3.8) is 0 Å². The number of carbonyl (C=O) groups is 3. The van der Waals surface area contributed by atoms with E-state index in [1.54, 1.807) is 18.2 Å². The third-order valence-electron chi connectivity index (χ3n) is 4.19. The number of hydrogen-bond donors (Lipinski definition) is 3. The molecular formula is C19H18ClN3O6. The number of anilines is 2. The van der Waals surface area contributed by atoms with E-state index in [-0.39, 0.29) is 41.7 Å². The Morgan fingerprint density at radius 3 is 2.76 bits per heavy atom. The first-order chi connectivity index (χ1) is 13.9. The van der Waals surface area contributed by atoms with E-state index < -0.39 is 17.8 Å². The number of carbonyl (C=O) groups excluding carboxylic acids is 3. The number of benzene rings is 1. The Labute approximate surface area is 170 Å². The van der Waals surface area contributed by atoms with E-state index in [2.05, 4.69) is 10.6 Å². The monoisotopic (exact) mass is 419 g/mol. The van der Waals surface area contributed by atoms with Gasteiger partial charge in [-0.25, -0.2) is 4.79 Å². The Morgan fingerprint density at radius 2 is 2.14 bits per heavy atom. The van der Waals surface area contributed by atoms with Crippen LogP contribution in [0, 0.1) is 0 Å². The summed E-state index contributed by atoms with van der Waals surface area (Å²) in [4.78, 5) is 38.0. The van der Waals surface area contributed by atoms with Gasteiger partial charge in [0.05, 0.1) is 42.8 Å². The molecule has 2 amide bonds. The van der Waals surface area contributed by atoms with Gasteiger partial charge < -0.3 is 29.8 Å². The number of rotatable bonds is 7. The van der Waals surface area contributed by atoms with Gasteiger partial charge in [-0.2, -0.15) is 0 Å². The maximum atomic E-state index is 12.5. The van der Waals surface area contributed by atoms with Gasteiger partial charge in [0.2, 0.25) is 0 Å². The zero-order chi connectivity index (χ0) is 21.0. The topological polar surface area (TPSA) is 121 Å². The van der Waals surface area contributed by atoms with Gasteiger partial charge in [0.1, 0.15) is 5.70 Å². The standard InChI is InChI=1S/C19H18ClN3O6/c1-28-19(27)12-10-23(6-7-24)18(26)16(12)21-11-4-5-14(13(20)9-11)22-17(25)15-3-2-8-29-15/h2-5,8-9,21,24H,6-7,10H2,1H3,(H,22,25). The van der Waals surface area contributed by atoms with Crippen LogP contribution >= 0.6 is 11.6 Å². The zero-order valence-electron chi connectivity index (χ0n) is 15.4. The van der Waals surface area contributed by atoms with Gasteiger partial charge in [-0.3, -0.25) is 9.59 Å². The number of aliphatic hydroxyl groups excluding tert-OH is 1. The lowest BCUT2D eigenvalue weighted by atomic mass is 10.2. The molecule has 1 aromatic heterocycles. The van der Waals surface area contributed by atoms with E-state index in [9.17, 15) is 14.4 Å². The van der Waals surface area contributed by atoms with Crippen molar-refractivity contribution in [1.82, 2.24) is 4.90 Å². The molecule has 0 fully saturated rings. The van der Waals surface area contributed by atoms with Gasteiger partial charge in [-0.05, 0) is 30.3 Å². The number of furan rings is 1. The summed E-state index contributed by atoms with van der Waals surface area (Å²) in [5.74, 6) is -1.41. The number of β-amino-alcohol motifs (C(OH)–C–C–N with tert-alkyl or cyclic N) is 1. The van der Waals surface area contributed by atoms with E-state index in [0.717, 1.165) is 0 Å². The van der Waals surface area contributed by atoms with Gasteiger partial charge in [-0.1, -0.05) is 11.6 Å². The fourth-order valence-corrected chi connectivity index (χ4v) is 3.01. The van der Waals surface area contributed by atoms with Gasteiger partial charge >= 0.3 is 5.97 Å². The molecule has 9 nitrogen and oxygen atoms in total. The van der Waals surface area contributed by atoms with Crippen LogP contribution in [-0.2, 0) is 14.3 Å². The van der Waals surface area contributed by atoms with Crippen LogP contribution in [0.25, 0.3) is 0 Å². The fraction of sp³-hybridized carbons (Fsp3) is 0.211. The number of nitrogens with one attached hydrogen (secondary N) is 2. The summed E-state index contributed by atoms with van der Waals surface area (Å²) in [5.41, 5.74) is 0.980. The molecule has 2 heterocycles. The predicted octanol–water partition coefficient (Wildman–Crippen LogP) is 1.86. The maximum Gasteiger partial charge on any atom is 0.337 e. The first kappa shape index (κ1) is 20.4. The summed E-state index contributed by atoms with van der Waals surface area (Å²) in [6.45, 7) is -0.119. The lowest BCUT2D eigenvalue weighted by Crippen LogP contribution is -2.31. The second-order valence-corrected chi connectivity index (χ2v) is 6.45. The van der Waals surface area contributed by atoms with Crippen molar-refractivity contribution in [2.75, 3.05) is 37.4 Å². The number of aliphatic hydroxyl groups is 1. The third kappa shape index (κ3) is 4.41. The molecule has 0 saturated heterocycles. The highest BCUT2D eigenvalue weighted by Gasteiger charge is 2.34. The van der Waals surface area contributed by atoms with Crippen LogP contribution < -0.4 is 10.6 Å². The summed E-state index contributed by atoms with van der Waals surface area (Å²) in [5, 5.41) is 14.8. The number of amides is 2. The minimum Gasteiger partial charge on any atom is -0.466 e. The summed E-state index contributed by atoms with van der Waals surface area (Å²) in [6.07, 6.45) is 1.38. The van der Waals surface area contributed by atoms with E-state index in [4.69, 9.17) is 25.9 Å². The number of esters is 1. The molecule has 3 rings (SSSR count). The molecule has 0 aliphatic carbocycles. The molecule has 3 N–H and O–H groups in total. The zero-order valence-corrected chi connectivity index (χ0v) is 16.2. The van der Waals surface area contributed by atoms with E-state index >= 15 is 0 Å². The average molecular weight is 420 g/mol. The van der Waals surface area contributed by atoms with Gasteiger partial charge in [0.25, 0.3) is 11.8 Å². The molecule has 0 spiro atoms. The van der Waals surface area contributed by atoms with E-state index in [1.165, 1.54) is 30.4 Å². The minimum absolute atomic E-state index is 0.0272. The third-order valence-corrected chi connectivity index (χ3v) is 4.50. The van der Waals surface area contributed by atoms with Crippen LogP contribution in [0.2, 0.25) is 5.02 Å². The Bertz CT molecular complexity index is 970. The fourth-order valence-electron chi connectivity index (χ4n) is 2.78. The van der Waals surface area contributed by atoms with Crippen LogP contribution in [0.15, 0.2) is 52.3 Å². The minimum atomic E-state index is -0.644. The van der Waals surface area contributed by atoms with Crippen LogP contribution in [-0.4, -0.2) is 54.6 Å². The number of ether oxygens (including phenoxy) is 1. The Kier molecular flexibility index (Phi) is 6.20. The summed E-state index contributed by atoms with van der Waals surface area (Å²) in [6, 6.07) is 7.75. The van der Waals surface area contributed by atoms with E-state index in [1.807, 2.05) is 0 Å². The number of halogens is 1. The molecule has 0 bridgehead atoms. The van der Waals surface area contributed by atoms with Crippen molar-refractivity contribution in [3.8, 4) is 0 Å². The highest BCUT2D eigenvalue weighted by Crippen LogP contribution is 2.29. The first-order valence-electron chi connectivity index (χ1n) is 8.57. The molecule has 0 unspecified atom stereocenters. The van der Waals surface area contributed by atoms with E-state index in [0.29, 0.717) is 11.4 Å². The maximum absolute atomic E-state index is 12.5. The van der Waals surface area contributed by atoms with Crippen molar-refractivity contribution >= 4 is 40.8 Å². The van der Waals surface area contributed by atoms with Crippen molar-refractivity contribution < 1.29 is 28.6 Å². The average Bonchev–Trinajstić information content (AvgIpc) is 3.34. The second kappa shape index (κ2) is 8.80. The summed E-state index contributed by atoms with van der Waals surface area (Å²) in [7, 11) is 1.22. The highest BCUT2D eigenvalue weighted by atomic mass is 35.5. The first-order valence-corrected chi connectivity index (χ1v) is 8.95. The van der Waals surface area contributed by atoms with Crippen molar-refractivity contribution in [1.29, 1.82) is 0 Å². The van der Waals surface area contributed by atoms with Gasteiger partial charge in [0, 0.05) is 12.2 Å². The molecule has 1 aliphatic heterocycles. The number of methoxy groups -OCH3 is 1. The predicted molar refractivity (Wildman–Crippen MR) is 104 cm³/mol. The SMILES string of the molecule is COC(=O)C1=C(Nc2ccc(NC(=O)c3ccco3)c(Cl)c2)C(=O)N(CCO)C1. The van der Waals surface area contributed by atoms with Gasteiger partial charge in [-0.15, -0.1) is 0 Å². The van der Waals surface area contributed by atoms with Crippen molar-refractivity contribution in [2.45, 2.75) is 0 Å². The second-order valence-electron chi connectivity index (χ2n) is 6.05. The van der Waals surface area contributed by atoms with Crippen LogP contribution in [0.3, 0.4) is 0 Å². The molecule has 2 aromatic rings. The Morgan fingerprint density at radius 1 is 1.34 bits per heavy atom. The lowest BCUT2D eigenvalue weighted by molar-refractivity contribution is -0.136. The molecular weight excluding hydrogens is 402 g/mol.